The fraction of sp³-hybridized carbons (Fsp3) is 0.0455. The number of para-hydroxylation sites is 1. The van der Waals surface area contributed by atoms with E-state index < -0.39 is 0 Å². The van der Waals surface area contributed by atoms with Crippen LogP contribution in [0, 0.1) is 11.3 Å². The van der Waals surface area contributed by atoms with Gasteiger partial charge in [0.25, 0.3) is 5.56 Å². The molecule has 0 aliphatic rings. The standard InChI is InChI=1S/C22H14ClN3OS/c23-17-7-4-8-18(12-17)26-21(27)19-9-1-2-10-20(19)25-22(26)28-14-16-6-3-5-15(11-16)13-24/h1-12H,14H2. The molecule has 0 fully saturated rings. The first-order valence-corrected chi connectivity index (χ1v) is 9.91. The number of hydrogen-bond donors (Lipinski definition) is 0. The van der Waals surface area contributed by atoms with Crippen LogP contribution in [0.25, 0.3) is 16.6 Å². The summed E-state index contributed by atoms with van der Waals surface area (Å²) in [5.74, 6) is 0.584. The normalized spacial score (nSPS) is 10.7. The van der Waals surface area contributed by atoms with E-state index >= 15 is 0 Å². The van der Waals surface area contributed by atoms with Crippen LogP contribution in [0.2, 0.25) is 5.02 Å². The van der Waals surface area contributed by atoms with Crippen molar-refractivity contribution >= 4 is 34.3 Å². The van der Waals surface area contributed by atoms with Gasteiger partial charge in [-0.25, -0.2) is 4.98 Å². The average Bonchev–Trinajstić information content (AvgIpc) is 2.72. The molecule has 1 aromatic heterocycles. The van der Waals surface area contributed by atoms with Crippen molar-refractivity contribution in [2.45, 2.75) is 10.9 Å². The van der Waals surface area contributed by atoms with Crippen LogP contribution in [-0.2, 0) is 5.75 Å². The molecule has 4 nitrogen and oxygen atoms in total. The molecule has 0 unspecified atom stereocenters. The second kappa shape index (κ2) is 7.89. The van der Waals surface area contributed by atoms with Gasteiger partial charge in [-0.05, 0) is 48.0 Å². The number of halogens is 1. The zero-order valence-electron chi connectivity index (χ0n) is 14.7. The zero-order chi connectivity index (χ0) is 19.5. The first kappa shape index (κ1) is 18.3. The van der Waals surface area contributed by atoms with Gasteiger partial charge in [-0.3, -0.25) is 9.36 Å². The largest absolute Gasteiger partial charge is 0.268 e. The third-order valence-corrected chi connectivity index (χ3v) is 5.48. The first-order valence-electron chi connectivity index (χ1n) is 8.55. The molecule has 0 saturated heterocycles. The quantitative estimate of drug-likeness (QED) is 0.347. The number of aromatic nitrogens is 2. The van der Waals surface area contributed by atoms with Crippen LogP contribution in [0.3, 0.4) is 0 Å². The number of fused-ring (bicyclic) bond motifs is 1. The van der Waals surface area contributed by atoms with Crippen LogP contribution in [-0.4, -0.2) is 9.55 Å². The summed E-state index contributed by atoms with van der Waals surface area (Å²) in [4.78, 5) is 17.9. The lowest BCUT2D eigenvalue weighted by molar-refractivity contribution is 0.819. The van der Waals surface area contributed by atoms with Crippen LogP contribution in [0.4, 0.5) is 0 Å². The molecule has 0 aliphatic heterocycles. The zero-order valence-corrected chi connectivity index (χ0v) is 16.2. The summed E-state index contributed by atoms with van der Waals surface area (Å²) in [6.45, 7) is 0. The van der Waals surface area contributed by atoms with Crippen molar-refractivity contribution in [1.82, 2.24) is 9.55 Å². The minimum absolute atomic E-state index is 0.138. The number of rotatable bonds is 4. The highest BCUT2D eigenvalue weighted by Gasteiger charge is 2.14. The highest BCUT2D eigenvalue weighted by Crippen LogP contribution is 2.26. The van der Waals surface area contributed by atoms with Crippen molar-refractivity contribution in [3.63, 3.8) is 0 Å². The van der Waals surface area contributed by atoms with Crippen molar-refractivity contribution < 1.29 is 0 Å². The molecular weight excluding hydrogens is 390 g/mol. The molecule has 4 aromatic rings. The van der Waals surface area contributed by atoms with Crippen LogP contribution < -0.4 is 5.56 Å². The number of nitriles is 1. The predicted octanol–water partition coefficient (Wildman–Crippen LogP) is 5.20. The van der Waals surface area contributed by atoms with Gasteiger partial charge in [0.15, 0.2) is 5.16 Å². The molecule has 136 valence electrons. The summed E-state index contributed by atoms with van der Waals surface area (Å²) in [5, 5.41) is 10.8. The average molecular weight is 404 g/mol. The van der Waals surface area contributed by atoms with Gasteiger partial charge in [0, 0.05) is 10.8 Å². The van der Waals surface area contributed by atoms with Gasteiger partial charge in [0.1, 0.15) is 0 Å². The summed E-state index contributed by atoms with van der Waals surface area (Å²) in [6.07, 6.45) is 0. The number of thioether (sulfide) groups is 1. The second-order valence-corrected chi connectivity index (χ2v) is 7.51. The maximum absolute atomic E-state index is 13.2. The molecular formula is C22H14ClN3OS. The summed E-state index contributed by atoms with van der Waals surface area (Å²) in [7, 11) is 0. The van der Waals surface area contributed by atoms with Crippen molar-refractivity contribution in [1.29, 1.82) is 5.26 Å². The Morgan fingerprint density at radius 1 is 1.04 bits per heavy atom. The molecule has 0 spiro atoms. The summed E-state index contributed by atoms with van der Waals surface area (Å²) >= 11 is 7.60. The molecule has 0 amide bonds. The maximum atomic E-state index is 13.2. The van der Waals surface area contributed by atoms with E-state index in [1.165, 1.54) is 11.8 Å². The van der Waals surface area contributed by atoms with Crippen molar-refractivity contribution in [2.24, 2.45) is 0 Å². The minimum Gasteiger partial charge on any atom is -0.268 e. The van der Waals surface area contributed by atoms with Gasteiger partial charge in [-0.1, -0.05) is 53.7 Å². The Morgan fingerprint density at radius 2 is 1.86 bits per heavy atom. The fourth-order valence-electron chi connectivity index (χ4n) is 2.93. The van der Waals surface area contributed by atoms with Crippen LogP contribution in [0.15, 0.2) is 82.7 Å². The van der Waals surface area contributed by atoms with Gasteiger partial charge in [-0.2, -0.15) is 5.26 Å². The molecule has 0 aliphatic carbocycles. The molecule has 6 heteroatoms. The van der Waals surface area contributed by atoms with E-state index in [2.05, 4.69) is 6.07 Å². The third-order valence-electron chi connectivity index (χ3n) is 4.24. The van der Waals surface area contributed by atoms with Crippen molar-refractivity contribution in [3.8, 4) is 11.8 Å². The summed E-state index contributed by atoms with van der Waals surface area (Å²) in [5.41, 5.74) is 2.78. The third kappa shape index (κ3) is 3.65. The number of nitrogens with zero attached hydrogens (tertiary/aromatic N) is 3. The van der Waals surface area contributed by atoms with Crippen LogP contribution in [0.5, 0.6) is 0 Å². The highest BCUT2D eigenvalue weighted by molar-refractivity contribution is 7.98. The molecule has 0 saturated carbocycles. The van der Waals surface area contributed by atoms with Gasteiger partial charge in [0.05, 0.1) is 28.2 Å². The van der Waals surface area contributed by atoms with Gasteiger partial charge in [0.2, 0.25) is 0 Å². The Morgan fingerprint density at radius 3 is 2.68 bits per heavy atom. The lowest BCUT2D eigenvalue weighted by Crippen LogP contribution is -2.21. The van der Waals surface area contributed by atoms with Crippen molar-refractivity contribution in [2.75, 3.05) is 0 Å². The van der Waals surface area contributed by atoms with E-state index in [1.807, 2.05) is 48.5 Å². The van der Waals surface area contributed by atoms with Gasteiger partial charge < -0.3 is 0 Å². The van der Waals surface area contributed by atoms with Gasteiger partial charge in [-0.15, -0.1) is 0 Å². The highest BCUT2D eigenvalue weighted by atomic mass is 35.5. The molecule has 28 heavy (non-hydrogen) atoms. The molecule has 1 heterocycles. The van der Waals surface area contributed by atoms with E-state index in [0.717, 1.165) is 5.56 Å². The minimum atomic E-state index is -0.138. The molecule has 3 aromatic carbocycles. The van der Waals surface area contributed by atoms with Crippen molar-refractivity contribution in [3.05, 3.63) is 99.3 Å². The smallest absolute Gasteiger partial charge is 0.266 e. The molecule has 4 rings (SSSR count). The molecule has 0 N–H and O–H groups in total. The Labute approximate surface area is 171 Å². The predicted molar refractivity (Wildman–Crippen MR) is 113 cm³/mol. The monoisotopic (exact) mass is 403 g/mol. The van der Waals surface area contributed by atoms with E-state index in [0.29, 0.717) is 38.1 Å². The molecule has 0 radical (unpaired) electrons. The lowest BCUT2D eigenvalue weighted by atomic mass is 10.2. The topological polar surface area (TPSA) is 58.7 Å². The lowest BCUT2D eigenvalue weighted by Gasteiger charge is -2.13. The SMILES string of the molecule is N#Cc1cccc(CSc2nc3ccccc3c(=O)n2-c2cccc(Cl)c2)c1. The Kier molecular flexibility index (Phi) is 5.16. The van der Waals surface area contributed by atoms with E-state index in [-0.39, 0.29) is 5.56 Å². The van der Waals surface area contributed by atoms with E-state index in [9.17, 15) is 4.79 Å². The molecule has 0 bridgehead atoms. The number of benzene rings is 3. The van der Waals surface area contributed by atoms with Crippen LogP contribution >= 0.6 is 23.4 Å². The van der Waals surface area contributed by atoms with E-state index in [1.54, 1.807) is 28.8 Å². The Balaban J connectivity index is 1.83. The Bertz CT molecular complexity index is 1280. The summed E-state index contributed by atoms with van der Waals surface area (Å²) in [6, 6.07) is 24.0. The molecule has 0 atom stereocenters. The van der Waals surface area contributed by atoms with Gasteiger partial charge >= 0.3 is 0 Å². The summed E-state index contributed by atoms with van der Waals surface area (Å²) < 4.78 is 1.59. The fourth-order valence-corrected chi connectivity index (χ4v) is 4.07. The maximum Gasteiger partial charge on any atom is 0.266 e. The van der Waals surface area contributed by atoms with E-state index in [4.69, 9.17) is 21.8 Å². The number of hydrogen-bond acceptors (Lipinski definition) is 4. The first-order chi connectivity index (χ1) is 13.7. The Hall–Kier alpha value is -3.07. The van der Waals surface area contributed by atoms with Crippen LogP contribution in [0.1, 0.15) is 11.1 Å². The second-order valence-electron chi connectivity index (χ2n) is 6.13.